The van der Waals surface area contributed by atoms with Crippen molar-refractivity contribution >= 4 is 46.0 Å². The molecule has 0 fully saturated rings. The molecule has 2 aromatic carbocycles. The lowest BCUT2D eigenvalue weighted by Crippen LogP contribution is -2.24. The SMILES string of the molecule is CC(=O)N(c1nc(/C=N\NC(=O)Nc2ccccc2)cs1)c1c(C)cccc1C. The number of amides is 3. The first-order valence-electron chi connectivity index (χ1n) is 8.93. The van der Waals surface area contributed by atoms with Crippen molar-refractivity contribution in [2.45, 2.75) is 20.8 Å². The third-order valence-corrected chi connectivity index (χ3v) is 4.92. The Bertz CT molecular complexity index is 1030. The van der Waals surface area contributed by atoms with E-state index in [0.717, 1.165) is 16.8 Å². The van der Waals surface area contributed by atoms with E-state index in [2.05, 4.69) is 20.8 Å². The van der Waals surface area contributed by atoms with E-state index in [1.54, 1.807) is 22.4 Å². The molecule has 29 heavy (non-hydrogen) atoms. The predicted octanol–water partition coefficient (Wildman–Crippen LogP) is 4.60. The highest BCUT2D eigenvalue weighted by molar-refractivity contribution is 7.14. The lowest BCUT2D eigenvalue weighted by molar-refractivity contribution is -0.115. The number of aryl methyl sites for hydroxylation is 2. The summed E-state index contributed by atoms with van der Waals surface area (Å²) >= 11 is 1.33. The summed E-state index contributed by atoms with van der Waals surface area (Å²) in [5.74, 6) is -0.124. The first-order chi connectivity index (χ1) is 14.0. The molecular formula is C21H21N5O2S. The molecule has 3 aromatic rings. The smallest absolute Gasteiger partial charge is 0.307 e. The number of hydrogen-bond acceptors (Lipinski definition) is 5. The number of anilines is 3. The van der Waals surface area contributed by atoms with Crippen molar-refractivity contribution in [1.29, 1.82) is 0 Å². The number of aromatic nitrogens is 1. The maximum atomic E-state index is 12.3. The Balaban J connectivity index is 1.71. The maximum absolute atomic E-state index is 12.3. The second-order valence-electron chi connectivity index (χ2n) is 6.34. The van der Waals surface area contributed by atoms with Crippen LogP contribution >= 0.6 is 11.3 Å². The van der Waals surface area contributed by atoms with Gasteiger partial charge in [0.2, 0.25) is 5.91 Å². The quantitative estimate of drug-likeness (QED) is 0.479. The summed E-state index contributed by atoms with van der Waals surface area (Å²) in [4.78, 5) is 30.3. The molecule has 0 aliphatic carbocycles. The molecule has 0 radical (unpaired) electrons. The van der Waals surface area contributed by atoms with Gasteiger partial charge in [0.05, 0.1) is 17.6 Å². The number of hydrogen-bond donors (Lipinski definition) is 2. The van der Waals surface area contributed by atoms with E-state index in [4.69, 9.17) is 0 Å². The van der Waals surface area contributed by atoms with Crippen LogP contribution in [-0.2, 0) is 4.79 Å². The van der Waals surface area contributed by atoms with E-state index in [1.165, 1.54) is 24.5 Å². The number of nitrogens with one attached hydrogen (secondary N) is 2. The van der Waals surface area contributed by atoms with Gasteiger partial charge in [0, 0.05) is 18.0 Å². The molecule has 0 aliphatic heterocycles. The fourth-order valence-corrected chi connectivity index (χ4v) is 3.65. The van der Waals surface area contributed by atoms with E-state index in [-0.39, 0.29) is 5.91 Å². The number of urea groups is 1. The summed E-state index contributed by atoms with van der Waals surface area (Å²) in [7, 11) is 0. The van der Waals surface area contributed by atoms with Gasteiger partial charge >= 0.3 is 6.03 Å². The number of carbonyl (C=O) groups is 2. The van der Waals surface area contributed by atoms with Gasteiger partial charge in [-0.1, -0.05) is 36.4 Å². The lowest BCUT2D eigenvalue weighted by Gasteiger charge is -2.22. The molecule has 0 atom stereocenters. The maximum Gasteiger partial charge on any atom is 0.339 e. The van der Waals surface area contributed by atoms with Gasteiger partial charge in [0.15, 0.2) is 5.13 Å². The normalized spacial score (nSPS) is 10.7. The van der Waals surface area contributed by atoms with Crippen LogP contribution in [0.4, 0.5) is 21.3 Å². The minimum absolute atomic E-state index is 0.124. The van der Waals surface area contributed by atoms with Crippen molar-refractivity contribution in [2.75, 3.05) is 10.2 Å². The number of nitrogens with zero attached hydrogens (tertiary/aromatic N) is 3. The highest BCUT2D eigenvalue weighted by Crippen LogP contribution is 2.33. The first-order valence-corrected chi connectivity index (χ1v) is 9.81. The second-order valence-corrected chi connectivity index (χ2v) is 7.18. The van der Waals surface area contributed by atoms with E-state index in [1.807, 2.05) is 50.2 Å². The third-order valence-electron chi connectivity index (χ3n) is 4.07. The van der Waals surface area contributed by atoms with Crippen molar-refractivity contribution in [3.8, 4) is 0 Å². The minimum Gasteiger partial charge on any atom is -0.307 e. The average Bonchev–Trinajstić information content (AvgIpc) is 3.13. The predicted molar refractivity (Wildman–Crippen MR) is 117 cm³/mol. The largest absolute Gasteiger partial charge is 0.339 e. The molecule has 0 saturated heterocycles. The number of benzene rings is 2. The zero-order valence-corrected chi connectivity index (χ0v) is 17.2. The number of hydrazone groups is 1. The summed E-state index contributed by atoms with van der Waals surface area (Å²) in [5.41, 5.74) is 6.42. The Morgan fingerprint density at radius 3 is 2.41 bits per heavy atom. The Labute approximate surface area is 173 Å². The van der Waals surface area contributed by atoms with E-state index in [0.29, 0.717) is 16.5 Å². The van der Waals surface area contributed by atoms with Crippen LogP contribution in [0.2, 0.25) is 0 Å². The Kier molecular flexibility index (Phi) is 6.36. The number of para-hydroxylation sites is 2. The molecule has 0 bridgehead atoms. The van der Waals surface area contributed by atoms with E-state index < -0.39 is 6.03 Å². The monoisotopic (exact) mass is 407 g/mol. The Hall–Kier alpha value is -3.52. The fraction of sp³-hybridized carbons (Fsp3) is 0.143. The topological polar surface area (TPSA) is 86.7 Å². The summed E-state index contributed by atoms with van der Waals surface area (Å²) in [5, 5.41) is 8.91. The van der Waals surface area contributed by atoms with Crippen molar-refractivity contribution < 1.29 is 9.59 Å². The van der Waals surface area contributed by atoms with Crippen LogP contribution in [0, 0.1) is 13.8 Å². The van der Waals surface area contributed by atoms with Crippen molar-refractivity contribution in [1.82, 2.24) is 10.4 Å². The van der Waals surface area contributed by atoms with Gasteiger partial charge in [-0.3, -0.25) is 9.69 Å². The molecule has 0 saturated carbocycles. The summed E-state index contributed by atoms with van der Waals surface area (Å²) in [6.07, 6.45) is 1.44. The van der Waals surface area contributed by atoms with Crippen LogP contribution < -0.4 is 15.6 Å². The van der Waals surface area contributed by atoms with Gasteiger partial charge in [0.1, 0.15) is 0 Å². The summed E-state index contributed by atoms with van der Waals surface area (Å²) < 4.78 is 0. The van der Waals surface area contributed by atoms with Crippen LogP contribution in [0.15, 0.2) is 59.0 Å². The fourth-order valence-electron chi connectivity index (χ4n) is 2.82. The number of rotatable bonds is 5. The molecule has 0 unspecified atom stereocenters. The molecule has 3 rings (SSSR count). The van der Waals surface area contributed by atoms with Crippen LogP contribution in [0.1, 0.15) is 23.7 Å². The van der Waals surface area contributed by atoms with Crippen LogP contribution in [-0.4, -0.2) is 23.1 Å². The molecule has 8 heteroatoms. The zero-order valence-electron chi connectivity index (χ0n) is 16.3. The molecule has 1 heterocycles. The van der Waals surface area contributed by atoms with Crippen molar-refractivity contribution in [3.63, 3.8) is 0 Å². The Morgan fingerprint density at radius 2 is 1.76 bits per heavy atom. The molecular weight excluding hydrogens is 386 g/mol. The molecule has 1 aromatic heterocycles. The standard InChI is InChI=1S/C21H21N5O2S/c1-14-8-7-9-15(2)19(14)26(16(3)27)21-24-18(13-29-21)12-22-25-20(28)23-17-10-5-4-6-11-17/h4-13H,1-3H3,(H2,23,25,28)/b22-12-. The molecule has 148 valence electrons. The van der Waals surface area contributed by atoms with Crippen molar-refractivity contribution in [2.24, 2.45) is 5.10 Å². The molecule has 0 aliphatic rings. The van der Waals surface area contributed by atoms with Crippen LogP contribution in [0.5, 0.6) is 0 Å². The van der Waals surface area contributed by atoms with Gasteiger partial charge in [-0.05, 0) is 37.1 Å². The van der Waals surface area contributed by atoms with Crippen LogP contribution in [0.25, 0.3) is 0 Å². The Morgan fingerprint density at radius 1 is 1.07 bits per heavy atom. The average molecular weight is 407 g/mol. The van der Waals surface area contributed by atoms with Gasteiger partial charge in [0.25, 0.3) is 0 Å². The van der Waals surface area contributed by atoms with Crippen molar-refractivity contribution in [3.05, 3.63) is 70.7 Å². The van der Waals surface area contributed by atoms with Gasteiger partial charge in [-0.2, -0.15) is 5.10 Å². The third kappa shape index (κ3) is 5.05. The zero-order chi connectivity index (χ0) is 20.8. The second kappa shape index (κ2) is 9.11. The lowest BCUT2D eigenvalue weighted by atomic mass is 10.1. The van der Waals surface area contributed by atoms with Gasteiger partial charge in [-0.25, -0.2) is 15.2 Å². The molecule has 7 nitrogen and oxygen atoms in total. The minimum atomic E-state index is -0.455. The van der Waals surface area contributed by atoms with Gasteiger partial charge < -0.3 is 5.32 Å². The van der Waals surface area contributed by atoms with Crippen LogP contribution in [0.3, 0.4) is 0 Å². The number of thiazole rings is 1. The molecule has 3 amide bonds. The molecule has 2 N–H and O–H groups in total. The number of carbonyl (C=O) groups excluding carboxylic acids is 2. The van der Waals surface area contributed by atoms with E-state index in [9.17, 15) is 9.59 Å². The molecule has 0 spiro atoms. The highest BCUT2D eigenvalue weighted by Gasteiger charge is 2.21. The van der Waals surface area contributed by atoms with E-state index >= 15 is 0 Å². The highest BCUT2D eigenvalue weighted by atomic mass is 32.1. The van der Waals surface area contributed by atoms with Gasteiger partial charge in [-0.15, -0.1) is 11.3 Å². The summed E-state index contributed by atoms with van der Waals surface area (Å²) in [6, 6.07) is 14.5. The summed E-state index contributed by atoms with van der Waals surface area (Å²) in [6.45, 7) is 5.43. The first kappa shape index (κ1) is 20.2.